The van der Waals surface area contributed by atoms with E-state index in [9.17, 15) is 9.90 Å². The summed E-state index contributed by atoms with van der Waals surface area (Å²) in [7, 11) is 0. The van der Waals surface area contributed by atoms with Gasteiger partial charge in [0.25, 0.3) is 0 Å². The molecule has 1 atom stereocenters. The van der Waals surface area contributed by atoms with Crippen LogP contribution in [0.1, 0.15) is 48.8 Å². The number of fused-ring (bicyclic) bond motifs is 1. The molecule has 1 aliphatic rings. The van der Waals surface area contributed by atoms with Crippen LogP contribution in [0.25, 0.3) is 5.65 Å². The maximum Gasteiger partial charge on any atom is 0.339 e. The van der Waals surface area contributed by atoms with Crippen molar-refractivity contribution in [1.29, 1.82) is 0 Å². The Kier molecular flexibility index (Phi) is 3.22. The lowest BCUT2D eigenvalue weighted by Crippen LogP contribution is -2.30. The molecule has 0 radical (unpaired) electrons. The summed E-state index contributed by atoms with van der Waals surface area (Å²) >= 11 is 0. The predicted molar refractivity (Wildman–Crippen MR) is 76.0 cm³/mol. The van der Waals surface area contributed by atoms with Gasteiger partial charge in [-0.3, -0.25) is 4.90 Å². The predicted octanol–water partition coefficient (Wildman–Crippen LogP) is 2.58. The molecule has 5 heteroatoms. The van der Waals surface area contributed by atoms with Gasteiger partial charge in [0.15, 0.2) is 5.65 Å². The second-order valence-corrected chi connectivity index (χ2v) is 5.61. The lowest BCUT2D eigenvalue weighted by Gasteiger charge is -2.26. The third kappa shape index (κ3) is 2.08. The minimum Gasteiger partial charge on any atom is -0.478 e. The Labute approximate surface area is 117 Å². The fourth-order valence-corrected chi connectivity index (χ4v) is 3.08. The minimum absolute atomic E-state index is 0.257. The molecule has 0 aliphatic carbocycles. The van der Waals surface area contributed by atoms with Crippen LogP contribution in [0.15, 0.2) is 24.5 Å². The van der Waals surface area contributed by atoms with Gasteiger partial charge in [-0.2, -0.15) is 0 Å². The normalized spacial score (nSPS) is 20.1. The van der Waals surface area contributed by atoms with Gasteiger partial charge in [-0.05, 0) is 45.4 Å². The summed E-state index contributed by atoms with van der Waals surface area (Å²) in [6.07, 6.45) is 6.08. The van der Waals surface area contributed by atoms with Gasteiger partial charge in [-0.25, -0.2) is 9.78 Å². The molecule has 1 unspecified atom stereocenters. The molecule has 3 heterocycles. The quantitative estimate of drug-likeness (QED) is 0.933. The molecule has 1 N–H and O–H groups in total. The van der Waals surface area contributed by atoms with Crippen molar-refractivity contribution in [3.63, 3.8) is 0 Å². The number of carboxylic acid groups (broad SMARTS) is 1. The summed E-state index contributed by atoms with van der Waals surface area (Å²) < 4.78 is 1.82. The van der Waals surface area contributed by atoms with Crippen LogP contribution in [-0.2, 0) is 0 Å². The molecule has 5 nitrogen and oxygen atoms in total. The highest BCUT2D eigenvalue weighted by Crippen LogP contribution is 2.33. The summed E-state index contributed by atoms with van der Waals surface area (Å²) in [5, 5.41) is 9.23. The van der Waals surface area contributed by atoms with Gasteiger partial charge in [0.2, 0.25) is 0 Å². The van der Waals surface area contributed by atoms with E-state index in [0.717, 1.165) is 18.7 Å². The van der Waals surface area contributed by atoms with Gasteiger partial charge in [-0.1, -0.05) is 0 Å². The van der Waals surface area contributed by atoms with E-state index in [0.29, 0.717) is 17.7 Å². The van der Waals surface area contributed by atoms with Crippen molar-refractivity contribution in [1.82, 2.24) is 14.3 Å². The maximum absolute atomic E-state index is 11.3. The summed E-state index contributed by atoms with van der Waals surface area (Å²) in [4.78, 5) is 18.3. The minimum atomic E-state index is -0.931. The molecule has 0 spiro atoms. The van der Waals surface area contributed by atoms with E-state index < -0.39 is 5.97 Å². The molecule has 2 aromatic rings. The number of hydrogen-bond donors (Lipinski definition) is 1. The molecule has 1 aliphatic heterocycles. The van der Waals surface area contributed by atoms with Crippen LogP contribution in [0.5, 0.6) is 0 Å². The highest BCUT2D eigenvalue weighted by molar-refractivity contribution is 5.94. The Balaban J connectivity index is 2.05. The number of likely N-dealkylation sites (tertiary alicyclic amines) is 1. The van der Waals surface area contributed by atoms with Crippen LogP contribution < -0.4 is 0 Å². The van der Waals surface area contributed by atoms with E-state index in [2.05, 4.69) is 23.7 Å². The molecule has 0 aromatic carbocycles. The van der Waals surface area contributed by atoms with Crippen LogP contribution in [-0.4, -0.2) is 37.9 Å². The van der Waals surface area contributed by atoms with E-state index in [-0.39, 0.29) is 5.56 Å². The summed E-state index contributed by atoms with van der Waals surface area (Å²) in [5.74, 6) is -0.931. The third-order valence-electron chi connectivity index (χ3n) is 4.03. The number of nitrogens with zero attached hydrogens (tertiary/aromatic N) is 3. The van der Waals surface area contributed by atoms with E-state index in [1.165, 1.54) is 6.42 Å². The van der Waals surface area contributed by atoms with Gasteiger partial charge in [0.05, 0.1) is 11.7 Å². The monoisotopic (exact) mass is 273 g/mol. The second kappa shape index (κ2) is 4.90. The van der Waals surface area contributed by atoms with Crippen molar-refractivity contribution in [3.05, 3.63) is 35.8 Å². The molecule has 2 aromatic heterocycles. The summed E-state index contributed by atoms with van der Waals surface area (Å²) in [6, 6.07) is 4.13. The van der Waals surface area contributed by atoms with Gasteiger partial charge >= 0.3 is 5.97 Å². The van der Waals surface area contributed by atoms with Gasteiger partial charge < -0.3 is 9.51 Å². The third-order valence-corrected chi connectivity index (χ3v) is 4.03. The Morgan fingerprint density at radius 2 is 2.30 bits per heavy atom. The highest BCUT2D eigenvalue weighted by Gasteiger charge is 2.30. The van der Waals surface area contributed by atoms with E-state index >= 15 is 0 Å². The van der Waals surface area contributed by atoms with Crippen molar-refractivity contribution in [2.24, 2.45) is 0 Å². The average molecular weight is 273 g/mol. The topological polar surface area (TPSA) is 57.8 Å². The number of hydrogen-bond acceptors (Lipinski definition) is 3. The van der Waals surface area contributed by atoms with Crippen LogP contribution in [0.3, 0.4) is 0 Å². The SMILES string of the molecule is CC(C)N1CCCC1c1cn2cccc(C(=O)O)c2n1. The number of aromatic carboxylic acids is 1. The summed E-state index contributed by atoms with van der Waals surface area (Å²) in [5.41, 5.74) is 1.77. The number of rotatable bonds is 3. The highest BCUT2D eigenvalue weighted by atomic mass is 16.4. The van der Waals surface area contributed by atoms with Gasteiger partial charge in [-0.15, -0.1) is 0 Å². The lowest BCUT2D eigenvalue weighted by atomic mass is 10.1. The number of carbonyl (C=O) groups is 1. The molecule has 0 saturated carbocycles. The number of imidazole rings is 1. The molecule has 0 amide bonds. The zero-order valence-corrected chi connectivity index (χ0v) is 11.8. The zero-order valence-electron chi connectivity index (χ0n) is 11.8. The average Bonchev–Trinajstić information content (AvgIpc) is 3.03. The summed E-state index contributed by atoms with van der Waals surface area (Å²) in [6.45, 7) is 5.47. The maximum atomic E-state index is 11.3. The van der Waals surface area contributed by atoms with Crippen LogP contribution in [0.2, 0.25) is 0 Å². The molecular formula is C15H19N3O2. The lowest BCUT2D eigenvalue weighted by molar-refractivity contribution is 0.0698. The van der Waals surface area contributed by atoms with Crippen LogP contribution in [0, 0.1) is 0 Å². The second-order valence-electron chi connectivity index (χ2n) is 5.61. The van der Waals surface area contributed by atoms with Gasteiger partial charge in [0.1, 0.15) is 5.56 Å². The molecule has 1 fully saturated rings. The van der Waals surface area contributed by atoms with E-state index in [4.69, 9.17) is 0 Å². The fourth-order valence-electron chi connectivity index (χ4n) is 3.08. The molecule has 106 valence electrons. The van der Waals surface area contributed by atoms with Crippen molar-refractivity contribution in [3.8, 4) is 0 Å². The number of pyridine rings is 1. The smallest absolute Gasteiger partial charge is 0.339 e. The Morgan fingerprint density at radius 1 is 1.50 bits per heavy atom. The van der Waals surface area contributed by atoms with Crippen molar-refractivity contribution < 1.29 is 9.90 Å². The molecule has 0 bridgehead atoms. The Bertz CT molecular complexity index is 648. The fraction of sp³-hybridized carbons (Fsp3) is 0.467. The standard InChI is InChI=1S/C15H19N3O2/c1-10(2)18-8-4-6-13(18)12-9-17-7-3-5-11(15(19)20)14(17)16-12/h3,5,7,9-10,13H,4,6,8H2,1-2H3,(H,19,20). The van der Waals surface area contributed by atoms with Crippen LogP contribution >= 0.6 is 0 Å². The van der Waals surface area contributed by atoms with E-state index in [1.54, 1.807) is 12.1 Å². The first-order chi connectivity index (χ1) is 9.58. The first-order valence-electron chi connectivity index (χ1n) is 7.04. The zero-order chi connectivity index (χ0) is 14.3. The molecular weight excluding hydrogens is 254 g/mol. The Morgan fingerprint density at radius 3 is 3.00 bits per heavy atom. The van der Waals surface area contributed by atoms with Crippen molar-refractivity contribution in [2.75, 3.05) is 6.54 Å². The first kappa shape index (κ1) is 13.1. The van der Waals surface area contributed by atoms with Crippen molar-refractivity contribution >= 4 is 11.6 Å². The first-order valence-corrected chi connectivity index (χ1v) is 7.04. The Hall–Kier alpha value is -1.88. The van der Waals surface area contributed by atoms with Crippen LogP contribution in [0.4, 0.5) is 0 Å². The van der Waals surface area contributed by atoms with E-state index in [1.807, 2.05) is 16.8 Å². The van der Waals surface area contributed by atoms with Gasteiger partial charge in [0, 0.05) is 18.4 Å². The molecule has 1 saturated heterocycles. The number of carboxylic acids is 1. The largest absolute Gasteiger partial charge is 0.478 e. The molecule has 3 rings (SSSR count). The molecule has 20 heavy (non-hydrogen) atoms. The number of aromatic nitrogens is 2. The van der Waals surface area contributed by atoms with Crippen molar-refractivity contribution in [2.45, 2.75) is 38.8 Å².